The molecule has 5 heteroatoms. The minimum atomic E-state index is 0.0344. The van der Waals surface area contributed by atoms with E-state index in [9.17, 15) is 4.91 Å². The van der Waals surface area contributed by atoms with Crippen molar-refractivity contribution < 1.29 is 0 Å². The molecule has 0 amide bonds. The molecule has 1 heterocycles. The number of rotatable bonds is 1. The van der Waals surface area contributed by atoms with Crippen molar-refractivity contribution in [2.45, 2.75) is 0 Å². The van der Waals surface area contributed by atoms with Gasteiger partial charge in [0.15, 0.2) is 0 Å². The Balaban J connectivity index is 3.07. The van der Waals surface area contributed by atoms with Gasteiger partial charge in [-0.05, 0) is 16.8 Å². The van der Waals surface area contributed by atoms with E-state index >= 15 is 0 Å². The summed E-state index contributed by atoms with van der Waals surface area (Å²) in [4.78, 5) is 16.8. The third-order valence-corrected chi connectivity index (χ3v) is 0.887. The highest BCUT2D eigenvalue weighted by molar-refractivity contribution is 6.28. The van der Waals surface area contributed by atoms with Gasteiger partial charge in [0.05, 0.1) is 0 Å². The van der Waals surface area contributed by atoms with Crippen LogP contribution < -0.4 is 0 Å². The first kappa shape index (κ1) is 6.10. The van der Waals surface area contributed by atoms with Crippen LogP contribution in [0.15, 0.2) is 17.4 Å². The highest BCUT2D eigenvalue weighted by atomic mass is 35.5. The summed E-state index contributed by atoms with van der Waals surface area (Å²) >= 11 is 5.30. The Hall–Kier alpha value is -1.03. The Bertz CT molecular complexity index is 227. The second-order valence-corrected chi connectivity index (χ2v) is 1.61. The number of nitroso groups, excluding NO2 is 1. The third kappa shape index (κ3) is 1.43. The lowest BCUT2D eigenvalue weighted by Crippen LogP contribution is -1.77. The van der Waals surface area contributed by atoms with Crippen molar-refractivity contribution in [2.75, 3.05) is 0 Å². The highest BCUT2D eigenvalue weighted by Crippen LogP contribution is 2.07. The number of aromatic nitrogens is 2. The Morgan fingerprint density at radius 3 is 2.89 bits per heavy atom. The monoisotopic (exact) mass is 143 g/mol. The molecular formula is C4H2ClN3O. The quantitative estimate of drug-likeness (QED) is 0.443. The fraction of sp³-hybridized carbons (Fsp3) is 0. The van der Waals surface area contributed by atoms with Gasteiger partial charge in [-0.1, -0.05) is 0 Å². The van der Waals surface area contributed by atoms with Crippen molar-refractivity contribution >= 4 is 17.4 Å². The Labute approximate surface area is 55.9 Å². The van der Waals surface area contributed by atoms with Crippen LogP contribution in [0.3, 0.4) is 0 Å². The van der Waals surface area contributed by atoms with Crippen LogP contribution in [0.5, 0.6) is 0 Å². The molecule has 9 heavy (non-hydrogen) atoms. The van der Waals surface area contributed by atoms with E-state index in [2.05, 4.69) is 15.1 Å². The van der Waals surface area contributed by atoms with Crippen LogP contribution in [0.4, 0.5) is 5.82 Å². The van der Waals surface area contributed by atoms with Crippen LogP contribution in [0.2, 0.25) is 5.28 Å². The van der Waals surface area contributed by atoms with E-state index in [1.807, 2.05) is 0 Å². The van der Waals surface area contributed by atoms with Gasteiger partial charge < -0.3 is 0 Å². The smallest absolute Gasteiger partial charge is 0.224 e. The van der Waals surface area contributed by atoms with E-state index in [0.717, 1.165) is 0 Å². The molecule has 0 aliphatic rings. The van der Waals surface area contributed by atoms with Gasteiger partial charge in [-0.25, -0.2) is 4.98 Å². The Kier molecular flexibility index (Phi) is 1.69. The van der Waals surface area contributed by atoms with Gasteiger partial charge >= 0.3 is 0 Å². The molecule has 0 spiro atoms. The maximum atomic E-state index is 9.76. The largest absolute Gasteiger partial charge is 0.226 e. The van der Waals surface area contributed by atoms with Gasteiger partial charge in [0.25, 0.3) is 0 Å². The van der Waals surface area contributed by atoms with Crippen LogP contribution in [0.1, 0.15) is 0 Å². The van der Waals surface area contributed by atoms with E-state index in [4.69, 9.17) is 11.6 Å². The minimum Gasteiger partial charge on any atom is -0.226 e. The predicted molar refractivity (Wildman–Crippen MR) is 32.5 cm³/mol. The SMILES string of the molecule is O=Nc1ccnc(Cl)n1. The molecule has 0 aromatic carbocycles. The van der Waals surface area contributed by atoms with Crippen molar-refractivity contribution in [3.05, 3.63) is 22.5 Å². The summed E-state index contributed by atoms with van der Waals surface area (Å²) in [5.41, 5.74) is 0. The zero-order valence-electron chi connectivity index (χ0n) is 4.28. The minimum absolute atomic E-state index is 0.0344. The highest BCUT2D eigenvalue weighted by Gasteiger charge is 1.92. The zero-order valence-corrected chi connectivity index (χ0v) is 5.04. The number of nitrogens with zero attached hydrogens (tertiary/aromatic N) is 3. The van der Waals surface area contributed by atoms with Crippen LogP contribution in [0.25, 0.3) is 0 Å². The molecule has 0 unspecified atom stereocenters. The van der Waals surface area contributed by atoms with Crippen molar-refractivity contribution in [2.24, 2.45) is 5.18 Å². The molecule has 0 saturated heterocycles. The summed E-state index contributed by atoms with van der Waals surface area (Å²) in [6.45, 7) is 0. The van der Waals surface area contributed by atoms with Crippen molar-refractivity contribution in [1.82, 2.24) is 9.97 Å². The molecule has 0 fully saturated rings. The molecule has 0 aliphatic heterocycles. The van der Waals surface area contributed by atoms with Crippen molar-refractivity contribution in [3.8, 4) is 0 Å². The summed E-state index contributed by atoms with van der Waals surface area (Å²) in [6.07, 6.45) is 1.37. The Morgan fingerprint density at radius 1 is 1.67 bits per heavy atom. The van der Waals surface area contributed by atoms with Crippen LogP contribution >= 0.6 is 11.6 Å². The maximum Gasteiger partial charge on any atom is 0.224 e. The summed E-state index contributed by atoms with van der Waals surface area (Å²) in [5.74, 6) is 0.0509. The summed E-state index contributed by atoms with van der Waals surface area (Å²) < 4.78 is 0. The van der Waals surface area contributed by atoms with E-state index in [1.165, 1.54) is 12.3 Å². The van der Waals surface area contributed by atoms with E-state index in [-0.39, 0.29) is 11.1 Å². The number of hydrogen-bond donors (Lipinski definition) is 0. The first-order valence-electron chi connectivity index (χ1n) is 2.15. The molecule has 1 rings (SSSR count). The van der Waals surface area contributed by atoms with Crippen LogP contribution in [-0.2, 0) is 0 Å². The van der Waals surface area contributed by atoms with E-state index in [1.54, 1.807) is 0 Å². The fourth-order valence-corrected chi connectivity index (χ4v) is 0.520. The average Bonchev–Trinajstić information content (AvgIpc) is 1.88. The molecule has 0 N–H and O–H groups in total. The molecule has 4 nitrogen and oxygen atoms in total. The molecule has 0 bridgehead atoms. The van der Waals surface area contributed by atoms with E-state index in [0.29, 0.717) is 0 Å². The van der Waals surface area contributed by atoms with Crippen LogP contribution in [0, 0.1) is 4.91 Å². The standard InChI is InChI=1S/C4H2ClN3O/c5-4-6-2-1-3(7-4)8-9/h1-2H. The summed E-state index contributed by atoms with van der Waals surface area (Å²) in [7, 11) is 0. The Morgan fingerprint density at radius 2 is 2.44 bits per heavy atom. The molecule has 1 aromatic rings. The lowest BCUT2D eigenvalue weighted by molar-refractivity contribution is 1.15. The summed E-state index contributed by atoms with van der Waals surface area (Å²) in [6, 6.07) is 1.37. The molecular weight excluding hydrogens is 142 g/mol. The van der Waals surface area contributed by atoms with Crippen molar-refractivity contribution in [3.63, 3.8) is 0 Å². The molecule has 1 aromatic heterocycles. The topological polar surface area (TPSA) is 55.2 Å². The number of hydrogen-bond acceptors (Lipinski definition) is 4. The molecule has 0 saturated carbocycles. The third-order valence-electron chi connectivity index (χ3n) is 0.705. The van der Waals surface area contributed by atoms with Gasteiger partial charge in [0, 0.05) is 12.3 Å². The second-order valence-electron chi connectivity index (χ2n) is 1.28. The van der Waals surface area contributed by atoms with Gasteiger partial charge in [-0.3, -0.25) is 0 Å². The first-order valence-corrected chi connectivity index (χ1v) is 2.52. The van der Waals surface area contributed by atoms with Crippen LogP contribution in [-0.4, -0.2) is 9.97 Å². The first-order chi connectivity index (χ1) is 4.33. The van der Waals surface area contributed by atoms with E-state index < -0.39 is 0 Å². The van der Waals surface area contributed by atoms with Gasteiger partial charge in [-0.2, -0.15) is 4.98 Å². The fourth-order valence-electron chi connectivity index (χ4n) is 0.377. The molecule has 0 aliphatic carbocycles. The zero-order chi connectivity index (χ0) is 6.69. The predicted octanol–water partition coefficient (Wildman–Crippen LogP) is 1.53. The van der Waals surface area contributed by atoms with Gasteiger partial charge in [-0.15, -0.1) is 4.91 Å². The lowest BCUT2D eigenvalue weighted by Gasteiger charge is -1.85. The molecule has 46 valence electrons. The van der Waals surface area contributed by atoms with Gasteiger partial charge in [0.1, 0.15) is 0 Å². The lowest BCUT2D eigenvalue weighted by atomic mass is 10.6. The summed E-state index contributed by atoms with van der Waals surface area (Å²) in [5, 5.41) is 2.58. The molecule has 0 atom stereocenters. The molecule has 0 radical (unpaired) electrons. The maximum absolute atomic E-state index is 9.76. The van der Waals surface area contributed by atoms with Crippen molar-refractivity contribution in [1.29, 1.82) is 0 Å². The van der Waals surface area contributed by atoms with Gasteiger partial charge in [0.2, 0.25) is 11.1 Å². The second kappa shape index (κ2) is 2.50. The number of halogens is 1. The normalized spacial score (nSPS) is 9.00. The average molecular weight is 144 g/mol.